The Morgan fingerprint density at radius 2 is 1.50 bits per heavy atom. The molecule has 2 heteroatoms. The van der Waals surface area contributed by atoms with Crippen LogP contribution < -0.4 is 0 Å². The third-order valence-electron chi connectivity index (χ3n) is 4.95. The van der Waals surface area contributed by atoms with Crippen molar-refractivity contribution in [3.63, 3.8) is 0 Å². The van der Waals surface area contributed by atoms with E-state index in [2.05, 4.69) is 42.1 Å². The first-order valence-electron chi connectivity index (χ1n) is 10.2. The van der Waals surface area contributed by atoms with Crippen molar-refractivity contribution in [2.45, 2.75) is 88.9 Å². The molecule has 1 unspecified atom stereocenters. The molecule has 2 rings (SSSR count). The van der Waals surface area contributed by atoms with E-state index >= 15 is 0 Å². The van der Waals surface area contributed by atoms with Gasteiger partial charge in [-0.15, -0.1) is 0 Å². The average molecular weight is 349 g/mol. The molecule has 0 radical (unpaired) electrons. The van der Waals surface area contributed by atoms with E-state index in [0.717, 1.165) is 6.61 Å². The normalized spacial score (nSPS) is 17.4. The van der Waals surface area contributed by atoms with Crippen molar-refractivity contribution in [1.82, 2.24) is 0 Å². The van der Waals surface area contributed by atoms with Gasteiger partial charge in [0.25, 0.3) is 0 Å². The van der Waals surface area contributed by atoms with Crippen LogP contribution in [-0.4, -0.2) is 18.5 Å². The van der Waals surface area contributed by atoms with Gasteiger partial charge in [-0.25, -0.2) is 0 Å². The highest BCUT2D eigenvalue weighted by Gasteiger charge is 2.14. The predicted molar refractivity (Wildman–Crippen MR) is 108 cm³/mol. The number of hydrogen-bond donors (Lipinski definition) is 0. The highest BCUT2D eigenvalue weighted by atomic mass is 32.2. The number of rotatable bonds is 14. The van der Waals surface area contributed by atoms with Crippen LogP contribution in [0, 0.1) is 0 Å². The summed E-state index contributed by atoms with van der Waals surface area (Å²) >= 11 is 2.08. The summed E-state index contributed by atoms with van der Waals surface area (Å²) in [5, 5.41) is 0. The topological polar surface area (TPSA) is 9.23 Å². The van der Waals surface area contributed by atoms with Crippen molar-refractivity contribution < 1.29 is 4.74 Å². The molecule has 0 aromatic heterocycles. The Balaban J connectivity index is 1.26. The lowest BCUT2D eigenvalue weighted by molar-refractivity contribution is 0.102. The molecule has 1 saturated heterocycles. The van der Waals surface area contributed by atoms with Gasteiger partial charge in [0.05, 0.1) is 6.10 Å². The second kappa shape index (κ2) is 13.8. The zero-order valence-corrected chi connectivity index (χ0v) is 16.2. The van der Waals surface area contributed by atoms with Gasteiger partial charge in [-0.05, 0) is 37.0 Å². The third-order valence-corrected chi connectivity index (χ3v) is 6.07. The van der Waals surface area contributed by atoms with Crippen LogP contribution in [0.5, 0.6) is 0 Å². The van der Waals surface area contributed by atoms with E-state index in [9.17, 15) is 0 Å². The minimum atomic E-state index is 0.602. The van der Waals surface area contributed by atoms with Gasteiger partial charge in [0.1, 0.15) is 0 Å². The van der Waals surface area contributed by atoms with Gasteiger partial charge < -0.3 is 4.74 Å². The fourth-order valence-corrected chi connectivity index (χ4v) is 4.43. The molecule has 1 nitrogen and oxygen atoms in total. The van der Waals surface area contributed by atoms with Gasteiger partial charge in [-0.3, -0.25) is 0 Å². The van der Waals surface area contributed by atoms with Gasteiger partial charge in [0.2, 0.25) is 0 Å². The molecule has 136 valence electrons. The Morgan fingerprint density at radius 1 is 0.833 bits per heavy atom. The van der Waals surface area contributed by atoms with Crippen LogP contribution in [0.1, 0.15) is 82.6 Å². The number of thioether (sulfide) groups is 1. The lowest BCUT2D eigenvalue weighted by atomic mass is 10.0. The first-order valence-corrected chi connectivity index (χ1v) is 11.3. The number of benzene rings is 1. The molecule has 1 atom stereocenters. The largest absolute Gasteiger partial charge is 0.378 e. The minimum absolute atomic E-state index is 0.602. The third kappa shape index (κ3) is 9.74. The monoisotopic (exact) mass is 348 g/mol. The van der Waals surface area contributed by atoms with E-state index < -0.39 is 0 Å². The Hall–Kier alpha value is -0.470. The van der Waals surface area contributed by atoms with Crippen LogP contribution in [-0.2, 0) is 10.5 Å². The molecule has 24 heavy (non-hydrogen) atoms. The van der Waals surface area contributed by atoms with E-state index in [0.29, 0.717) is 6.10 Å². The molecule has 1 heterocycles. The van der Waals surface area contributed by atoms with Gasteiger partial charge in [0, 0.05) is 12.4 Å². The summed E-state index contributed by atoms with van der Waals surface area (Å²) in [7, 11) is 0. The van der Waals surface area contributed by atoms with E-state index in [-0.39, 0.29) is 0 Å². The van der Waals surface area contributed by atoms with Crippen molar-refractivity contribution in [1.29, 1.82) is 0 Å². The average Bonchev–Trinajstić information content (AvgIpc) is 3.13. The minimum Gasteiger partial charge on any atom is -0.378 e. The zero-order valence-electron chi connectivity index (χ0n) is 15.4. The number of hydrogen-bond acceptors (Lipinski definition) is 2. The SMILES string of the molecule is c1ccc(CSCCCCCCCCCCCC2CCCO2)cc1. The smallest absolute Gasteiger partial charge is 0.0576 e. The lowest BCUT2D eigenvalue weighted by Gasteiger charge is -2.08. The van der Waals surface area contributed by atoms with Crippen LogP contribution in [0.3, 0.4) is 0 Å². The van der Waals surface area contributed by atoms with Crippen molar-refractivity contribution in [2.75, 3.05) is 12.4 Å². The molecule has 1 aromatic rings. The summed E-state index contributed by atoms with van der Waals surface area (Å²) in [6, 6.07) is 10.8. The van der Waals surface area contributed by atoms with Crippen LogP contribution in [0.25, 0.3) is 0 Å². The number of ether oxygens (including phenoxy) is 1. The quantitative estimate of drug-likeness (QED) is 0.335. The maximum atomic E-state index is 5.68. The second-order valence-electron chi connectivity index (χ2n) is 7.14. The summed E-state index contributed by atoms with van der Waals surface area (Å²) < 4.78 is 5.68. The zero-order chi connectivity index (χ0) is 16.7. The summed E-state index contributed by atoms with van der Waals surface area (Å²) in [6.45, 7) is 1.01. The molecule has 0 saturated carbocycles. The molecule has 0 amide bonds. The second-order valence-corrected chi connectivity index (χ2v) is 8.25. The fraction of sp³-hybridized carbons (Fsp3) is 0.727. The van der Waals surface area contributed by atoms with Crippen molar-refractivity contribution in [3.8, 4) is 0 Å². The highest BCUT2D eigenvalue weighted by Crippen LogP contribution is 2.19. The predicted octanol–water partition coefficient (Wildman–Crippen LogP) is 7.00. The molecule has 1 aromatic carbocycles. The molecular formula is C22H36OS. The molecule has 1 aliphatic heterocycles. The molecule has 0 N–H and O–H groups in total. The van der Waals surface area contributed by atoms with Crippen LogP contribution in [0.2, 0.25) is 0 Å². The van der Waals surface area contributed by atoms with Gasteiger partial charge >= 0.3 is 0 Å². The highest BCUT2D eigenvalue weighted by molar-refractivity contribution is 7.98. The van der Waals surface area contributed by atoms with E-state index in [1.165, 1.54) is 94.1 Å². The Labute approximate surface area is 154 Å². The van der Waals surface area contributed by atoms with Crippen molar-refractivity contribution in [3.05, 3.63) is 35.9 Å². The molecule has 0 aliphatic carbocycles. The first-order chi connectivity index (χ1) is 11.9. The van der Waals surface area contributed by atoms with E-state index in [4.69, 9.17) is 4.74 Å². The van der Waals surface area contributed by atoms with Crippen molar-refractivity contribution in [2.24, 2.45) is 0 Å². The molecule has 0 spiro atoms. The van der Waals surface area contributed by atoms with Gasteiger partial charge in [0.15, 0.2) is 0 Å². The summed E-state index contributed by atoms with van der Waals surface area (Å²) in [4.78, 5) is 0. The van der Waals surface area contributed by atoms with Crippen LogP contribution in [0.15, 0.2) is 30.3 Å². The van der Waals surface area contributed by atoms with Gasteiger partial charge in [-0.2, -0.15) is 11.8 Å². The summed E-state index contributed by atoms with van der Waals surface area (Å²) in [6.07, 6.45) is 17.3. The van der Waals surface area contributed by atoms with E-state index in [1.807, 2.05) is 0 Å². The Kier molecular flexibility index (Phi) is 11.4. The fourth-order valence-electron chi connectivity index (χ4n) is 3.45. The van der Waals surface area contributed by atoms with Gasteiger partial charge in [-0.1, -0.05) is 81.7 Å². The molecular weight excluding hydrogens is 312 g/mol. The van der Waals surface area contributed by atoms with Crippen LogP contribution in [0.4, 0.5) is 0 Å². The maximum Gasteiger partial charge on any atom is 0.0576 e. The Bertz CT molecular complexity index is 386. The van der Waals surface area contributed by atoms with Crippen molar-refractivity contribution >= 4 is 11.8 Å². The molecule has 1 fully saturated rings. The maximum absolute atomic E-state index is 5.68. The molecule has 0 bridgehead atoms. The molecule has 1 aliphatic rings. The summed E-state index contributed by atoms with van der Waals surface area (Å²) in [5.74, 6) is 2.49. The standard InChI is InChI=1S/C22H36OS/c1(2-4-6-11-16-22-17-13-18-23-22)3-5-7-12-19-24-20-21-14-9-8-10-15-21/h8-10,14-15,22H,1-7,11-13,16-20H2. The summed E-state index contributed by atoms with van der Waals surface area (Å²) in [5.41, 5.74) is 1.46. The lowest BCUT2D eigenvalue weighted by Crippen LogP contribution is -2.03. The Morgan fingerprint density at radius 3 is 2.17 bits per heavy atom. The van der Waals surface area contributed by atoms with Crippen LogP contribution >= 0.6 is 11.8 Å². The van der Waals surface area contributed by atoms with E-state index in [1.54, 1.807) is 0 Å². The number of unbranched alkanes of at least 4 members (excludes halogenated alkanes) is 8. The first kappa shape index (κ1) is 19.8.